The number of primary amides is 1. The lowest BCUT2D eigenvalue weighted by Gasteiger charge is -2.24. The van der Waals surface area contributed by atoms with Crippen LogP contribution < -0.4 is 11.1 Å². The molecule has 2 aromatic carbocycles. The van der Waals surface area contributed by atoms with Gasteiger partial charge in [-0.3, -0.25) is 19.1 Å². The average molecular weight is 511 g/mol. The Balaban J connectivity index is 1.53. The van der Waals surface area contributed by atoms with Crippen molar-refractivity contribution in [3.05, 3.63) is 65.6 Å². The van der Waals surface area contributed by atoms with Crippen LogP contribution in [-0.2, 0) is 25.7 Å². The smallest absolute Gasteiger partial charge is 0.330 e. The molecule has 37 heavy (non-hydrogen) atoms. The molecule has 1 fully saturated rings. The Labute approximate surface area is 209 Å². The number of amides is 3. The molecule has 1 aromatic heterocycles. The summed E-state index contributed by atoms with van der Waals surface area (Å²) in [6.45, 7) is -0.699. The lowest BCUT2D eigenvalue weighted by atomic mass is 10.1. The number of nitrogens with one attached hydrogen (secondary N) is 1. The summed E-state index contributed by atoms with van der Waals surface area (Å²) in [4.78, 5) is 50.2. The Morgan fingerprint density at radius 2 is 1.95 bits per heavy atom. The van der Waals surface area contributed by atoms with Crippen molar-refractivity contribution in [1.82, 2.24) is 14.7 Å². The van der Waals surface area contributed by atoms with Crippen LogP contribution in [0.3, 0.4) is 0 Å². The number of aromatic nitrogens is 2. The molecule has 1 aliphatic rings. The Morgan fingerprint density at radius 1 is 1.19 bits per heavy atom. The molecule has 0 saturated carbocycles. The summed E-state index contributed by atoms with van der Waals surface area (Å²) in [5.41, 5.74) is 5.67. The average Bonchev–Trinajstić information content (AvgIpc) is 3.45. The molecule has 0 radical (unpaired) electrons. The van der Waals surface area contributed by atoms with E-state index in [1.54, 1.807) is 24.3 Å². The number of halogens is 2. The minimum Gasteiger partial charge on any atom is -0.466 e. The predicted molar refractivity (Wildman–Crippen MR) is 129 cm³/mol. The predicted octanol–water partition coefficient (Wildman–Crippen LogP) is 2.04. The highest BCUT2D eigenvalue weighted by Gasteiger charge is 2.40. The van der Waals surface area contributed by atoms with E-state index in [4.69, 9.17) is 5.73 Å². The van der Waals surface area contributed by atoms with Crippen molar-refractivity contribution in [3.8, 4) is 0 Å². The van der Waals surface area contributed by atoms with Crippen molar-refractivity contribution in [1.29, 1.82) is 0 Å². The molecule has 4 rings (SSSR count). The zero-order chi connectivity index (χ0) is 26.7. The fraction of sp³-hybridized carbons (Fsp3) is 0.240. The third-order valence-electron chi connectivity index (χ3n) is 5.94. The molecule has 10 nitrogen and oxygen atoms in total. The van der Waals surface area contributed by atoms with Gasteiger partial charge in [0.1, 0.15) is 18.8 Å². The lowest BCUT2D eigenvalue weighted by molar-refractivity contribution is -0.137. The number of likely N-dealkylation sites (tertiary alicyclic amines) is 1. The van der Waals surface area contributed by atoms with E-state index in [1.807, 2.05) is 0 Å². The molecule has 3 amide bonds. The first-order valence-electron chi connectivity index (χ1n) is 11.2. The van der Waals surface area contributed by atoms with Gasteiger partial charge in [-0.2, -0.15) is 5.10 Å². The summed E-state index contributed by atoms with van der Waals surface area (Å²) in [5, 5.41) is 6.99. The van der Waals surface area contributed by atoms with Crippen LogP contribution in [0.25, 0.3) is 17.0 Å². The number of fused-ring (bicyclic) bond motifs is 1. The molecule has 0 aliphatic carbocycles. The highest BCUT2D eigenvalue weighted by molar-refractivity contribution is 6.04. The standard InChI is InChI=1S/C25H23F2N5O5/c1-37-21(34)10-9-14-5-4-7-17(22(14)27)29-25(36)19-11-15(26)12-31(19)20(33)13-32-18-8-3-2-6-16(18)23(30-32)24(28)35/h2-10,15,19H,11-13H2,1H3,(H2,28,35)(H,29,36)/b10-9+/t15-,19+/m1/s1. The number of para-hydroxylation sites is 1. The zero-order valence-electron chi connectivity index (χ0n) is 19.7. The number of carbonyl (C=O) groups excluding carboxylic acids is 4. The molecule has 12 heteroatoms. The minimum atomic E-state index is -1.46. The number of hydrogen-bond donors (Lipinski definition) is 2. The van der Waals surface area contributed by atoms with E-state index < -0.39 is 41.7 Å². The van der Waals surface area contributed by atoms with Gasteiger partial charge in [0, 0.05) is 23.4 Å². The molecule has 1 aliphatic heterocycles. The third kappa shape index (κ3) is 5.32. The van der Waals surface area contributed by atoms with Crippen molar-refractivity contribution in [3.63, 3.8) is 0 Å². The summed E-state index contributed by atoms with van der Waals surface area (Å²) in [6.07, 6.45) is 0.481. The van der Waals surface area contributed by atoms with Crippen LogP contribution >= 0.6 is 0 Å². The van der Waals surface area contributed by atoms with Crippen molar-refractivity contribution < 1.29 is 32.7 Å². The number of alkyl halides is 1. The summed E-state index contributed by atoms with van der Waals surface area (Å²) in [5.74, 6) is -3.65. The molecule has 3 aromatic rings. The van der Waals surface area contributed by atoms with Crippen LogP contribution in [0.1, 0.15) is 22.5 Å². The van der Waals surface area contributed by atoms with E-state index in [2.05, 4.69) is 15.2 Å². The molecule has 0 unspecified atom stereocenters. The van der Waals surface area contributed by atoms with E-state index in [1.165, 1.54) is 36.1 Å². The molecule has 192 valence electrons. The number of hydrogen-bond acceptors (Lipinski definition) is 6. The van der Waals surface area contributed by atoms with Gasteiger partial charge in [0.15, 0.2) is 11.5 Å². The number of benzene rings is 2. The summed E-state index contributed by atoms with van der Waals surface area (Å²) < 4.78 is 35.0. The van der Waals surface area contributed by atoms with Crippen LogP contribution in [0.4, 0.5) is 14.5 Å². The Bertz CT molecular complexity index is 1420. The van der Waals surface area contributed by atoms with Gasteiger partial charge in [0.2, 0.25) is 11.8 Å². The fourth-order valence-corrected chi connectivity index (χ4v) is 4.17. The molecular weight excluding hydrogens is 488 g/mol. The molecule has 2 heterocycles. The number of anilines is 1. The monoisotopic (exact) mass is 511 g/mol. The van der Waals surface area contributed by atoms with Gasteiger partial charge in [0.25, 0.3) is 5.91 Å². The maximum absolute atomic E-state index is 14.9. The topological polar surface area (TPSA) is 137 Å². The SMILES string of the molecule is COC(=O)/C=C/c1cccc(NC(=O)[C@@H]2C[C@@H](F)CN2C(=O)Cn2nc(C(N)=O)c3ccccc32)c1F. The van der Waals surface area contributed by atoms with Crippen LogP contribution in [0, 0.1) is 5.82 Å². The Hall–Kier alpha value is -4.61. The quantitative estimate of drug-likeness (QED) is 0.368. The van der Waals surface area contributed by atoms with Crippen molar-refractivity contribution >= 4 is 46.4 Å². The van der Waals surface area contributed by atoms with E-state index >= 15 is 0 Å². The molecule has 3 N–H and O–H groups in total. The van der Waals surface area contributed by atoms with Crippen molar-refractivity contribution in [2.24, 2.45) is 5.73 Å². The Morgan fingerprint density at radius 3 is 2.68 bits per heavy atom. The molecular formula is C25H23F2N5O5. The largest absolute Gasteiger partial charge is 0.466 e. The summed E-state index contributed by atoms with van der Waals surface area (Å²) >= 11 is 0. The number of nitrogens with zero attached hydrogens (tertiary/aromatic N) is 3. The number of rotatable bonds is 7. The molecule has 0 spiro atoms. The van der Waals surface area contributed by atoms with Crippen LogP contribution in [0.2, 0.25) is 0 Å². The van der Waals surface area contributed by atoms with Crippen LogP contribution in [0.15, 0.2) is 48.5 Å². The summed E-state index contributed by atoms with van der Waals surface area (Å²) in [7, 11) is 1.18. The number of methoxy groups -OCH3 is 1. The molecule has 1 saturated heterocycles. The third-order valence-corrected chi connectivity index (χ3v) is 5.94. The minimum absolute atomic E-state index is 0.0147. The van der Waals surface area contributed by atoms with Gasteiger partial charge < -0.3 is 20.7 Å². The van der Waals surface area contributed by atoms with Gasteiger partial charge in [-0.25, -0.2) is 13.6 Å². The van der Waals surface area contributed by atoms with Crippen LogP contribution in [0.5, 0.6) is 0 Å². The van der Waals surface area contributed by atoms with Crippen LogP contribution in [-0.4, -0.2) is 64.2 Å². The Kier molecular flexibility index (Phi) is 7.27. The van der Waals surface area contributed by atoms with Gasteiger partial charge in [-0.15, -0.1) is 0 Å². The highest BCUT2D eigenvalue weighted by Crippen LogP contribution is 2.25. The van der Waals surface area contributed by atoms with Gasteiger partial charge in [-0.05, 0) is 18.2 Å². The van der Waals surface area contributed by atoms with E-state index in [9.17, 15) is 28.0 Å². The number of ether oxygens (including phenoxy) is 1. The lowest BCUT2D eigenvalue weighted by Crippen LogP contribution is -2.44. The van der Waals surface area contributed by atoms with Crippen molar-refractivity contribution in [2.45, 2.75) is 25.2 Å². The second-order valence-electron chi connectivity index (χ2n) is 8.34. The molecule has 0 bridgehead atoms. The van der Waals surface area contributed by atoms with Gasteiger partial charge in [0.05, 0.1) is 24.9 Å². The maximum atomic E-state index is 14.9. The number of esters is 1. The first kappa shape index (κ1) is 25.5. The van der Waals surface area contributed by atoms with E-state index in [0.29, 0.717) is 10.9 Å². The highest BCUT2D eigenvalue weighted by atomic mass is 19.1. The maximum Gasteiger partial charge on any atom is 0.330 e. The van der Waals surface area contributed by atoms with Gasteiger partial charge >= 0.3 is 5.97 Å². The van der Waals surface area contributed by atoms with E-state index in [-0.39, 0.29) is 36.5 Å². The zero-order valence-corrected chi connectivity index (χ0v) is 19.7. The first-order valence-corrected chi connectivity index (χ1v) is 11.2. The second kappa shape index (κ2) is 10.6. The number of nitrogens with two attached hydrogens (primary N) is 1. The molecule has 2 atom stereocenters. The van der Waals surface area contributed by atoms with Gasteiger partial charge in [-0.1, -0.05) is 30.3 Å². The number of carbonyl (C=O) groups is 4. The van der Waals surface area contributed by atoms with Crippen molar-refractivity contribution in [2.75, 3.05) is 19.0 Å². The normalized spacial score (nSPS) is 17.3. The van der Waals surface area contributed by atoms with E-state index in [0.717, 1.165) is 11.0 Å². The second-order valence-corrected chi connectivity index (χ2v) is 8.34. The summed E-state index contributed by atoms with van der Waals surface area (Å²) in [6, 6.07) is 9.63. The first-order chi connectivity index (χ1) is 17.7. The fourth-order valence-electron chi connectivity index (χ4n) is 4.17.